The minimum atomic E-state index is -0.369. The molecule has 2 aliphatic heterocycles. The largest absolute Gasteiger partial charge is 0.302 e. The predicted molar refractivity (Wildman–Crippen MR) is 153 cm³/mol. The number of unbranched alkanes of at least 4 members (excludes halogenated alkanes) is 6. The molecule has 0 atom stereocenters. The first-order valence-electron chi connectivity index (χ1n) is 14.9. The van der Waals surface area contributed by atoms with E-state index >= 15 is 0 Å². The van der Waals surface area contributed by atoms with Crippen LogP contribution in [0.25, 0.3) is 10.9 Å². The van der Waals surface area contributed by atoms with Crippen LogP contribution in [0.3, 0.4) is 0 Å². The molecule has 2 aromatic carbocycles. The van der Waals surface area contributed by atoms with Crippen LogP contribution >= 0.6 is 0 Å². The summed E-state index contributed by atoms with van der Waals surface area (Å²) in [5, 5.41) is 5.60. The van der Waals surface area contributed by atoms with Gasteiger partial charge in [-0.2, -0.15) is 9.78 Å². The van der Waals surface area contributed by atoms with E-state index in [0.29, 0.717) is 36.2 Å². The van der Waals surface area contributed by atoms with E-state index in [-0.39, 0.29) is 29.5 Å². The van der Waals surface area contributed by atoms with Gasteiger partial charge in [0.1, 0.15) is 5.82 Å². The first kappa shape index (κ1) is 28.1. The SMILES string of the molecule is CCCCCCCCCC(=O)n1nc(C2CCN(CCN3C(=O)c4ccccc4C3=O)CC2)c2ccc(F)cc21. The molecule has 0 spiro atoms. The van der Waals surface area contributed by atoms with Gasteiger partial charge in [-0.15, -0.1) is 0 Å². The highest BCUT2D eigenvalue weighted by Gasteiger charge is 2.35. The fourth-order valence-corrected chi connectivity index (χ4v) is 6.06. The molecule has 5 rings (SSSR count). The smallest absolute Gasteiger partial charge is 0.261 e. The van der Waals surface area contributed by atoms with E-state index in [1.807, 2.05) is 0 Å². The van der Waals surface area contributed by atoms with Gasteiger partial charge in [-0.25, -0.2) is 4.39 Å². The van der Waals surface area contributed by atoms with Gasteiger partial charge in [0.15, 0.2) is 0 Å². The van der Waals surface area contributed by atoms with Gasteiger partial charge in [0.05, 0.1) is 22.3 Å². The number of amides is 2. The number of hydrogen-bond acceptors (Lipinski definition) is 5. The normalized spacial score (nSPS) is 16.3. The minimum absolute atomic E-state index is 0.0752. The summed E-state index contributed by atoms with van der Waals surface area (Å²) < 4.78 is 15.6. The molecule has 8 heteroatoms. The molecular weight excluding hydrogens is 507 g/mol. The Hall–Kier alpha value is -3.39. The van der Waals surface area contributed by atoms with Crippen molar-refractivity contribution in [1.82, 2.24) is 19.6 Å². The molecule has 0 saturated carbocycles. The van der Waals surface area contributed by atoms with Crippen LogP contribution in [0.2, 0.25) is 0 Å². The van der Waals surface area contributed by atoms with Gasteiger partial charge < -0.3 is 4.90 Å². The Morgan fingerprint density at radius 2 is 1.55 bits per heavy atom. The molecule has 0 bridgehead atoms. The lowest BCUT2D eigenvalue weighted by Crippen LogP contribution is -2.41. The van der Waals surface area contributed by atoms with Crippen molar-refractivity contribution in [3.8, 4) is 0 Å². The Labute approximate surface area is 235 Å². The Kier molecular flexibility index (Phi) is 9.04. The predicted octanol–water partition coefficient (Wildman–Crippen LogP) is 6.43. The van der Waals surface area contributed by atoms with E-state index in [2.05, 4.69) is 11.8 Å². The number of rotatable bonds is 12. The van der Waals surface area contributed by atoms with Gasteiger partial charge in [0, 0.05) is 36.9 Å². The molecule has 1 aromatic heterocycles. The molecule has 40 heavy (non-hydrogen) atoms. The Morgan fingerprint density at radius 1 is 0.900 bits per heavy atom. The van der Waals surface area contributed by atoms with Gasteiger partial charge in [-0.3, -0.25) is 19.3 Å². The molecule has 3 heterocycles. The summed E-state index contributed by atoms with van der Waals surface area (Å²) in [5.74, 6) is -0.724. The first-order valence-corrected chi connectivity index (χ1v) is 14.9. The number of hydrogen-bond donors (Lipinski definition) is 0. The molecule has 0 N–H and O–H groups in total. The summed E-state index contributed by atoms with van der Waals surface area (Å²) in [7, 11) is 0. The summed E-state index contributed by atoms with van der Waals surface area (Å²) in [4.78, 5) is 42.1. The molecule has 3 aromatic rings. The number of likely N-dealkylation sites (tertiary alicyclic amines) is 1. The molecule has 7 nitrogen and oxygen atoms in total. The number of benzene rings is 2. The van der Waals surface area contributed by atoms with Crippen molar-refractivity contribution >= 4 is 28.6 Å². The van der Waals surface area contributed by atoms with Crippen LogP contribution in [0.5, 0.6) is 0 Å². The van der Waals surface area contributed by atoms with Gasteiger partial charge in [0.2, 0.25) is 5.91 Å². The maximum Gasteiger partial charge on any atom is 0.261 e. The van der Waals surface area contributed by atoms with Gasteiger partial charge >= 0.3 is 0 Å². The fourth-order valence-electron chi connectivity index (χ4n) is 6.06. The number of nitrogens with zero attached hydrogens (tertiary/aromatic N) is 4. The van der Waals surface area contributed by atoms with E-state index in [4.69, 9.17) is 5.10 Å². The highest BCUT2D eigenvalue weighted by Crippen LogP contribution is 2.33. The molecule has 2 aliphatic rings. The van der Waals surface area contributed by atoms with Crippen LogP contribution in [-0.4, -0.2) is 63.5 Å². The van der Waals surface area contributed by atoms with Crippen molar-refractivity contribution in [2.45, 2.75) is 77.0 Å². The second-order valence-corrected chi connectivity index (χ2v) is 11.1. The number of carbonyl (C=O) groups is 3. The summed E-state index contributed by atoms with van der Waals surface area (Å²) in [6.07, 6.45) is 10.0. The zero-order chi connectivity index (χ0) is 28.1. The molecule has 2 amide bonds. The van der Waals surface area contributed by atoms with Crippen LogP contribution in [0.15, 0.2) is 42.5 Å². The minimum Gasteiger partial charge on any atom is -0.302 e. The lowest BCUT2D eigenvalue weighted by atomic mass is 9.91. The third kappa shape index (κ3) is 6.02. The molecule has 0 radical (unpaired) electrons. The monoisotopic (exact) mass is 546 g/mol. The lowest BCUT2D eigenvalue weighted by molar-refractivity contribution is 0.0629. The summed E-state index contributed by atoms with van der Waals surface area (Å²) >= 11 is 0. The van der Waals surface area contributed by atoms with Gasteiger partial charge in [-0.05, 0) is 56.6 Å². The first-order chi connectivity index (χ1) is 19.5. The van der Waals surface area contributed by atoms with Crippen molar-refractivity contribution in [3.05, 3.63) is 65.1 Å². The quantitative estimate of drug-likeness (QED) is 0.193. The Morgan fingerprint density at radius 3 is 2.23 bits per heavy atom. The van der Waals surface area contributed by atoms with E-state index < -0.39 is 0 Å². The molecule has 1 fully saturated rings. The molecule has 1 saturated heterocycles. The van der Waals surface area contributed by atoms with Crippen LogP contribution in [0.1, 0.15) is 108 Å². The van der Waals surface area contributed by atoms with E-state index in [9.17, 15) is 18.8 Å². The zero-order valence-corrected chi connectivity index (χ0v) is 23.4. The Balaban J connectivity index is 1.17. The standard InChI is InChI=1S/C32H39FN4O3/c1-2-3-4-5-6-7-8-13-29(38)37-28-22-24(33)14-15-27(28)30(34-37)23-16-18-35(19-17-23)20-21-36-31(39)25-11-9-10-12-26(25)32(36)40/h9-12,14-15,22-23H,2-8,13,16-21H2,1H3. The molecular formula is C32H39FN4O3. The molecule has 0 unspecified atom stereocenters. The summed E-state index contributed by atoms with van der Waals surface area (Å²) in [5.41, 5.74) is 2.37. The average molecular weight is 547 g/mol. The van der Waals surface area contributed by atoms with Crippen molar-refractivity contribution in [3.63, 3.8) is 0 Å². The number of fused-ring (bicyclic) bond motifs is 2. The molecule has 212 valence electrons. The maximum atomic E-state index is 14.2. The van der Waals surface area contributed by atoms with Crippen LogP contribution < -0.4 is 0 Å². The number of aromatic nitrogens is 2. The van der Waals surface area contributed by atoms with Gasteiger partial charge in [-0.1, -0.05) is 57.6 Å². The van der Waals surface area contributed by atoms with E-state index in [0.717, 1.165) is 56.3 Å². The highest BCUT2D eigenvalue weighted by atomic mass is 19.1. The third-order valence-corrected chi connectivity index (χ3v) is 8.39. The van der Waals surface area contributed by atoms with Crippen molar-refractivity contribution in [2.24, 2.45) is 0 Å². The van der Waals surface area contributed by atoms with E-state index in [1.54, 1.807) is 30.3 Å². The highest BCUT2D eigenvalue weighted by molar-refractivity contribution is 6.21. The summed E-state index contributed by atoms with van der Waals surface area (Å²) in [6, 6.07) is 11.6. The average Bonchev–Trinajstić information content (AvgIpc) is 3.46. The lowest BCUT2D eigenvalue weighted by Gasteiger charge is -2.32. The van der Waals surface area contributed by atoms with Crippen LogP contribution in [-0.2, 0) is 0 Å². The zero-order valence-electron chi connectivity index (χ0n) is 23.4. The van der Waals surface area contributed by atoms with Gasteiger partial charge in [0.25, 0.3) is 11.8 Å². The summed E-state index contributed by atoms with van der Waals surface area (Å²) in [6.45, 7) is 4.79. The topological polar surface area (TPSA) is 75.5 Å². The van der Waals surface area contributed by atoms with Crippen molar-refractivity contribution in [1.29, 1.82) is 0 Å². The van der Waals surface area contributed by atoms with Crippen molar-refractivity contribution < 1.29 is 18.8 Å². The second-order valence-electron chi connectivity index (χ2n) is 11.1. The van der Waals surface area contributed by atoms with Crippen LogP contribution in [0.4, 0.5) is 4.39 Å². The third-order valence-electron chi connectivity index (χ3n) is 8.39. The number of imide groups is 1. The number of halogens is 1. The number of carbonyl (C=O) groups excluding carboxylic acids is 3. The molecule has 0 aliphatic carbocycles. The fraction of sp³-hybridized carbons (Fsp3) is 0.500. The van der Waals surface area contributed by atoms with Crippen molar-refractivity contribution in [2.75, 3.05) is 26.2 Å². The van der Waals surface area contributed by atoms with E-state index in [1.165, 1.54) is 47.4 Å². The second kappa shape index (κ2) is 12.9. The number of piperidine rings is 1. The van der Waals surface area contributed by atoms with Crippen LogP contribution in [0, 0.1) is 5.82 Å². The Bertz CT molecular complexity index is 1340. The maximum absolute atomic E-state index is 14.2.